The highest BCUT2D eigenvalue weighted by atomic mass is 79.9. The monoisotopic (exact) mass is 442 g/mol. The van der Waals surface area contributed by atoms with E-state index in [1.54, 1.807) is 23.6 Å². The van der Waals surface area contributed by atoms with Crippen molar-refractivity contribution in [2.45, 2.75) is 20.0 Å². The molecule has 0 aliphatic carbocycles. The van der Waals surface area contributed by atoms with Crippen LogP contribution in [0.4, 0.5) is 27.3 Å². The normalized spacial score (nSPS) is 12.9. The number of pyridine rings is 1. The van der Waals surface area contributed by atoms with Crippen molar-refractivity contribution in [1.29, 1.82) is 0 Å². The molecule has 0 fully saturated rings. The lowest BCUT2D eigenvalue weighted by Crippen LogP contribution is -2.25. The van der Waals surface area contributed by atoms with E-state index in [0.717, 1.165) is 5.56 Å². The van der Waals surface area contributed by atoms with E-state index in [9.17, 15) is 9.18 Å². The minimum Gasteiger partial charge on any atom is -0.394 e. The second-order valence-electron chi connectivity index (χ2n) is 6.85. The molecular formula is C21H20BrFN4O. The lowest BCUT2D eigenvalue weighted by atomic mass is 10.1. The number of benzene rings is 2. The molecule has 28 heavy (non-hydrogen) atoms. The van der Waals surface area contributed by atoms with Crippen molar-refractivity contribution >= 4 is 38.8 Å². The Hall–Kier alpha value is -2.80. The molecule has 0 saturated carbocycles. The number of halogens is 2. The predicted molar refractivity (Wildman–Crippen MR) is 115 cm³/mol. The van der Waals surface area contributed by atoms with Crippen molar-refractivity contribution in [3.05, 3.63) is 80.3 Å². The van der Waals surface area contributed by atoms with Crippen molar-refractivity contribution in [1.82, 2.24) is 4.57 Å². The van der Waals surface area contributed by atoms with Gasteiger partial charge in [0.15, 0.2) is 0 Å². The summed E-state index contributed by atoms with van der Waals surface area (Å²) in [4.78, 5) is 15.0. The first kappa shape index (κ1) is 18.6. The first-order valence-electron chi connectivity index (χ1n) is 8.99. The van der Waals surface area contributed by atoms with Crippen molar-refractivity contribution in [3.63, 3.8) is 0 Å². The molecule has 3 N–H and O–H groups in total. The zero-order valence-corrected chi connectivity index (χ0v) is 17.0. The number of aromatic nitrogens is 1. The number of fused-ring (bicyclic) bond motifs is 1. The summed E-state index contributed by atoms with van der Waals surface area (Å²) in [6, 6.07) is 14.8. The highest BCUT2D eigenvalue weighted by Gasteiger charge is 2.27. The van der Waals surface area contributed by atoms with Crippen LogP contribution < -0.4 is 21.5 Å². The Kier molecular flexibility index (Phi) is 4.85. The molecule has 2 heterocycles. The number of nitrogen functional groups attached to an aromatic ring is 1. The van der Waals surface area contributed by atoms with E-state index in [-0.39, 0.29) is 11.2 Å². The molecule has 1 aliphatic heterocycles. The van der Waals surface area contributed by atoms with Gasteiger partial charge in [-0.3, -0.25) is 9.36 Å². The van der Waals surface area contributed by atoms with Gasteiger partial charge in [0.25, 0.3) is 5.56 Å². The van der Waals surface area contributed by atoms with Gasteiger partial charge < -0.3 is 16.0 Å². The topological polar surface area (TPSA) is 63.3 Å². The van der Waals surface area contributed by atoms with E-state index in [2.05, 4.69) is 26.1 Å². The van der Waals surface area contributed by atoms with Crippen LogP contribution in [0.25, 0.3) is 0 Å². The second kappa shape index (κ2) is 7.31. The maximum Gasteiger partial charge on any atom is 0.257 e. The highest BCUT2D eigenvalue weighted by Crippen LogP contribution is 2.37. The average molecular weight is 443 g/mol. The Morgan fingerprint density at radius 3 is 2.64 bits per heavy atom. The third-order valence-electron chi connectivity index (χ3n) is 5.01. The molecule has 0 spiro atoms. The minimum absolute atomic E-state index is 0.111. The highest BCUT2D eigenvalue weighted by molar-refractivity contribution is 9.10. The van der Waals surface area contributed by atoms with Crippen LogP contribution in [0, 0.1) is 12.7 Å². The predicted octanol–water partition coefficient (Wildman–Crippen LogP) is 4.40. The smallest absolute Gasteiger partial charge is 0.257 e. The molecule has 3 aromatic rings. The van der Waals surface area contributed by atoms with E-state index >= 15 is 0 Å². The van der Waals surface area contributed by atoms with E-state index in [0.29, 0.717) is 46.9 Å². The number of nitrogens with two attached hydrogens (primary N) is 1. The molecule has 0 atom stereocenters. The van der Waals surface area contributed by atoms with Crippen molar-refractivity contribution in [3.8, 4) is 0 Å². The lowest BCUT2D eigenvalue weighted by molar-refractivity contribution is 0.631. The van der Waals surface area contributed by atoms with Gasteiger partial charge in [0.2, 0.25) is 0 Å². The molecule has 0 saturated heterocycles. The standard InChI is InChI=1S/C21H20BrFN4O/c1-13-19(25-17-8-7-15(22)11-16(17)23)18(24)20-26(9-10-27(20)21(13)28)12-14-5-3-2-4-6-14/h2-8,11,25H,9-10,12,24H2,1H3. The largest absolute Gasteiger partial charge is 0.394 e. The molecule has 0 amide bonds. The zero-order valence-electron chi connectivity index (χ0n) is 15.4. The summed E-state index contributed by atoms with van der Waals surface area (Å²) in [6.07, 6.45) is 0. The van der Waals surface area contributed by atoms with E-state index in [1.165, 1.54) is 6.07 Å². The van der Waals surface area contributed by atoms with Gasteiger partial charge in [-0.05, 0) is 30.7 Å². The number of anilines is 4. The summed E-state index contributed by atoms with van der Waals surface area (Å²) in [7, 11) is 0. The van der Waals surface area contributed by atoms with Crippen LogP contribution in [0.3, 0.4) is 0 Å². The van der Waals surface area contributed by atoms with Gasteiger partial charge in [0, 0.05) is 29.7 Å². The van der Waals surface area contributed by atoms with Crippen LogP contribution in [-0.4, -0.2) is 11.1 Å². The molecule has 0 bridgehead atoms. The van der Waals surface area contributed by atoms with Gasteiger partial charge in [-0.2, -0.15) is 0 Å². The Bertz CT molecular complexity index is 1100. The van der Waals surface area contributed by atoms with Crippen LogP contribution in [0.5, 0.6) is 0 Å². The molecule has 0 unspecified atom stereocenters. The molecular weight excluding hydrogens is 423 g/mol. The summed E-state index contributed by atoms with van der Waals surface area (Å²) >= 11 is 3.25. The first-order chi connectivity index (χ1) is 13.5. The Morgan fingerprint density at radius 2 is 1.93 bits per heavy atom. The van der Waals surface area contributed by atoms with Gasteiger partial charge in [0.1, 0.15) is 11.6 Å². The van der Waals surface area contributed by atoms with Gasteiger partial charge in [-0.1, -0.05) is 46.3 Å². The summed E-state index contributed by atoms with van der Waals surface area (Å²) in [5.41, 5.74) is 9.16. The number of hydrogen-bond acceptors (Lipinski definition) is 4. The number of nitrogens with zero attached hydrogens (tertiary/aromatic N) is 2. The summed E-state index contributed by atoms with van der Waals surface area (Å²) in [5.74, 6) is 0.259. The van der Waals surface area contributed by atoms with Gasteiger partial charge in [-0.25, -0.2) is 4.39 Å². The molecule has 144 valence electrons. The average Bonchev–Trinajstić information content (AvgIpc) is 3.09. The van der Waals surface area contributed by atoms with Gasteiger partial charge in [-0.15, -0.1) is 0 Å². The van der Waals surface area contributed by atoms with Crippen LogP contribution in [0.15, 0.2) is 57.8 Å². The fraction of sp³-hybridized carbons (Fsp3) is 0.190. The van der Waals surface area contributed by atoms with E-state index < -0.39 is 5.82 Å². The third kappa shape index (κ3) is 3.26. The molecule has 5 nitrogen and oxygen atoms in total. The fourth-order valence-corrected chi connectivity index (χ4v) is 3.92. The Labute approximate surface area is 170 Å². The van der Waals surface area contributed by atoms with Crippen LogP contribution in [0.1, 0.15) is 11.1 Å². The fourth-order valence-electron chi connectivity index (χ4n) is 3.58. The summed E-state index contributed by atoms with van der Waals surface area (Å²) in [5, 5.41) is 3.03. The van der Waals surface area contributed by atoms with Crippen LogP contribution >= 0.6 is 15.9 Å². The van der Waals surface area contributed by atoms with Crippen LogP contribution in [0.2, 0.25) is 0 Å². The van der Waals surface area contributed by atoms with E-state index in [4.69, 9.17) is 5.73 Å². The lowest BCUT2D eigenvalue weighted by Gasteiger charge is -2.23. The number of rotatable bonds is 4. The quantitative estimate of drug-likeness (QED) is 0.628. The molecule has 1 aliphatic rings. The zero-order chi connectivity index (χ0) is 19.8. The van der Waals surface area contributed by atoms with Crippen LogP contribution in [-0.2, 0) is 13.1 Å². The summed E-state index contributed by atoms with van der Waals surface area (Å²) < 4.78 is 16.7. The van der Waals surface area contributed by atoms with E-state index in [1.807, 2.05) is 30.3 Å². The van der Waals surface area contributed by atoms with Crippen molar-refractivity contribution in [2.75, 3.05) is 22.5 Å². The van der Waals surface area contributed by atoms with Gasteiger partial charge in [0.05, 0.1) is 17.1 Å². The maximum atomic E-state index is 14.3. The Morgan fingerprint density at radius 1 is 1.18 bits per heavy atom. The van der Waals surface area contributed by atoms with Gasteiger partial charge >= 0.3 is 0 Å². The SMILES string of the molecule is Cc1c(Nc2ccc(Br)cc2F)c(N)c2n(c1=O)CCN2Cc1ccccc1. The molecule has 4 rings (SSSR count). The summed E-state index contributed by atoms with van der Waals surface area (Å²) in [6.45, 7) is 3.65. The Balaban J connectivity index is 1.76. The second-order valence-corrected chi connectivity index (χ2v) is 7.77. The number of hydrogen-bond donors (Lipinski definition) is 2. The number of nitrogens with one attached hydrogen (secondary N) is 1. The molecule has 1 aromatic heterocycles. The molecule has 7 heteroatoms. The third-order valence-corrected chi connectivity index (χ3v) is 5.50. The molecule has 2 aromatic carbocycles. The first-order valence-corrected chi connectivity index (χ1v) is 9.79. The minimum atomic E-state index is -0.421. The maximum absolute atomic E-state index is 14.3. The van der Waals surface area contributed by atoms with Crippen molar-refractivity contribution in [2.24, 2.45) is 0 Å². The molecule has 0 radical (unpaired) electrons. The van der Waals surface area contributed by atoms with Crippen molar-refractivity contribution < 1.29 is 4.39 Å².